The lowest BCUT2D eigenvalue weighted by molar-refractivity contribution is -0.438. The van der Waals surface area contributed by atoms with Crippen molar-refractivity contribution in [2.45, 2.75) is 85.0 Å². The summed E-state index contributed by atoms with van der Waals surface area (Å²) in [4.78, 5) is 2.35. The monoisotopic (exact) mass is 597 g/mol. The molecule has 0 atom stereocenters. The Kier molecular flexibility index (Phi) is 8.24. The number of nitrogens with zero attached hydrogens (tertiary/aromatic N) is 2. The van der Waals surface area contributed by atoms with Gasteiger partial charge in [0.1, 0.15) is 18.1 Å². The Hall–Kier alpha value is -4.11. The molecule has 2 heterocycles. The van der Waals surface area contributed by atoms with Crippen LogP contribution in [0.4, 0.5) is 11.4 Å². The lowest BCUT2D eigenvalue weighted by atomic mass is 9.80. The third-order valence-electron chi connectivity index (χ3n) is 10.1. The molecule has 0 saturated heterocycles. The zero-order chi connectivity index (χ0) is 31.9. The van der Waals surface area contributed by atoms with E-state index in [0.717, 1.165) is 30.9 Å². The molecule has 1 aliphatic carbocycles. The van der Waals surface area contributed by atoms with Gasteiger partial charge in [-0.1, -0.05) is 80.8 Å². The van der Waals surface area contributed by atoms with E-state index in [1.54, 1.807) is 0 Å². The van der Waals surface area contributed by atoms with Crippen molar-refractivity contribution in [2.75, 3.05) is 18.5 Å². The van der Waals surface area contributed by atoms with Gasteiger partial charge in [0.2, 0.25) is 5.69 Å². The van der Waals surface area contributed by atoms with Gasteiger partial charge in [0.25, 0.3) is 0 Å². The molecule has 0 saturated carbocycles. The van der Waals surface area contributed by atoms with Crippen LogP contribution >= 0.6 is 0 Å². The van der Waals surface area contributed by atoms with Crippen LogP contribution < -0.4 is 9.64 Å². The standard InChI is InChI=1S/C42H49N2O/c1-9-10-26-44-37-23-17-30(3)28-35(37)42(6,7)39(44)25-21-32-19-18-31(40(32)45-33-14-12-11-13-15-33)20-24-38-41(4,5)34-27-29(2)16-22-36(34)43(38)8/h11-17,20-25,27-28H,9-10,18-19,26H2,1-8H3/q+1. The SMILES string of the molecule is CCCC[N+]1=C(/C=C/C2=C(Oc3ccccc3)C(=C/C=C3/N(C)c4ccc(C)cc4C3(C)C)/CC2)C(C)(C)c2cc(C)ccc21. The summed E-state index contributed by atoms with van der Waals surface area (Å²) in [5.74, 6) is 1.87. The van der Waals surface area contributed by atoms with E-state index < -0.39 is 0 Å². The highest BCUT2D eigenvalue weighted by atomic mass is 16.5. The van der Waals surface area contributed by atoms with Crippen molar-refractivity contribution in [1.29, 1.82) is 0 Å². The Morgan fingerprint density at radius 3 is 2.27 bits per heavy atom. The fourth-order valence-corrected chi connectivity index (χ4v) is 7.41. The molecular formula is C42H49N2O+. The Labute approximate surface area is 271 Å². The summed E-state index contributed by atoms with van der Waals surface area (Å²) in [6.45, 7) is 17.1. The molecule has 3 heteroatoms. The van der Waals surface area contributed by atoms with Gasteiger partial charge in [0.15, 0.2) is 5.71 Å². The number of para-hydroxylation sites is 1. The average Bonchev–Trinajstić information content (AvgIpc) is 3.55. The highest BCUT2D eigenvalue weighted by Gasteiger charge is 2.44. The second kappa shape index (κ2) is 12.0. The minimum absolute atomic E-state index is 0.0691. The third kappa shape index (κ3) is 5.63. The van der Waals surface area contributed by atoms with Gasteiger partial charge in [0, 0.05) is 48.0 Å². The number of fused-ring (bicyclic) bond motifs is 2. The van der Waals surface area contributed by atoms with E-state index in [0.29, 0.717) is 0 Å². The maximum absolute atomic E-state index is 6.70. The molecule has 0 unspecified atom stereocenters. The Balaban J connectivity index is 1.40. The Bertz CT molecular complexity index is 1780. The largest absolute Gasteiger partial charge is 0.457 e. The lowest BCUT2D eigenvalue weighted by Crippen LogP contribution is -2.28. The van der Waals surface area contributed by atoms with Crippen LogP contribution in [-0.4, -0.2) is 23.9 Å². The maximum atomic E-state index is 6.70. The number of hydrogen-bond acceptors (Lipinski definition) is 2. The first-order valence-corrected chi connectivity index (χ1v) is 16.7. The van der Waals surface area contributed by atoms with Crippen molar-refractivity contribution in [3.8, 4) is 5.75 Å². The normalized spacial score (nSPS) is 20.2. The summed E-state index contributed by atoms with van der Waals surface area (Å²) in [6, 6.07) is 24.0. The van der Waals surface area contributed by atoms with E-state index in [1.807, 2.05) is 18.2 Å². The lowest BCUT2D eigenvalue weighted by Gasteiger charge is -2.24. The van der Waals surface area contributed by atoms with Gasteiger partial charge in [-0.15, -0.1) is 0 Å². The summed E-state index contributed by atoms with van der Waals surface area (Å²) < 4.78 is 9.26. The summed E-state index contributed by atoms with van der Waals surface area (Å²) in [5.41, 5.74) is 13.1. The number of allylic oxidation sites excluding steroid dienone is 7. The maximum Gasteiger partial charge on any atom is 0.209 e. The number of unbranched alkanes of at least 4 members (excludes halogenated alkanes) is 1. The van der Waals surface area contributed by atoms with E-state index in [2.05, 4.69) is 138 Å². The highest BCUT2D eigenvalue weighted by Crippen LogP contribution is 2.47. The molecule has 3 aromatic rings. The number of likely N-dealkylation sites (N-methyl/N-ethyl adjacent to an activating group) is 1. The molecule has 0 spiro atoms. The van der Waals surface area contributed by atoms with Gasteiger partial charge >= 0.3 is 0 Å². The summed E-state index contributed by atoms with van der Waals surface area (Å²) in [6.07, 6.45) is 13.6. The van der Waals surface area contributed by atoms with Crippen LogP contribution in [0.1, 0.15) is 82.6 Å². The molecular weight excluding hydrogens is 548 g/mol. The molecule has 0 aromatic heterocycles. The van der Waals surface area contributed by atoms with Crippen LogP contribution in [-0.2, 0) is 10.8 Å². The van der Waals surface area contributed by atoms with Crippen molar-refractivity contribution in [3.05, 3.63) is 136 Å². The van der Waals surface area contributed by atoms with Gasteiger partial charge in [-0.3, -0.25) is 0 Å². The average molecular weight is 598 g/mol. The number of hydrogen-bond donors (Lipinski definition) is 0. The number of ether oxygens (including phenoxy) is 1. The second-order valence-corrected chi connectivity index (χ2v) is 14.1. The topological polar surface area (TPSA) is 15.5 Å². The minimum Gasteiger partial charge on any atom is -0.457 e. The molecule has 0 bridgehead atoms. The van der Waals surface area contributed by atoms with Crippen LogP contribution in [0.25, 0.3) is 0 Å². The molecule has 45 heavy (non-hydrogen) atoms. The van der Waals surface area contributed by atoms with E-state index >= 15 is 0 Å². The minimum atomic E-state index is -0.0708. The molecule has 0 N–H and O–H groups in total. The second-order valence-electron chi connectivity index (χ2n) is 14.1. The fraction of sp³-hybridized carbons (Fsp3) is 0.357. The molecule has 0 radical (unpaired) electrons. The molecule has 232 valence electrons. The first kappa shape index (κ1) is 30.9. The summed E-state index contributed by atoms with van der Waals surface area (Å²) >= 11 is 0. The van der Waals surface area contributed by atoms with Crippen LogP contribution in [0.5, 0.6) is 5.75 Å². The van der Waals surface area contributed by atoms with Gasteiger partial charge in [-0.2, -0.15) is 4.58 Å². The van der Waals surface area contributed by atoms with E-state index in [9.17, 15) is 0 Å². The molecule has 3 nitrogen and oxygen atoms in total. The number of aryl methyl sites for hydroxylation is 2. The zero-order valence-corrected chi connectivity index (χ0v) is 28.5. The quantitative estimate of drug-likeness (QED) is 0.240. The smallest absolute Gasteiger partial charge is 0.209 e. The van der Waals surface area contributed by atoms with Crippen molar-refractivity contribution >= 4 is 17.1 Å². The van der Waals surface area contributed by atoms with Crippen molar-refractivity contribution in [1.82, 2.24) is 0 Å². The van der Waals surface area contributed by atoms with Gasteiger partial charge in [-0.25, -0.2) is 0 Å². The summed E-state index contributed by atoms with van der Waals surface area (Å²) in [5, 5.41) is 0. The van der Waals surface area contributed by atoms with Gasteiger partial charge in [0.05, 0.1) is 5.41 Å². The number of rotatable bonds is 8. The van der Waals surface area contributed by atoms with E-state index in [1.165, 1.54) is 69.0 Å². The van der Waals surface area contributed by atoms with Crippen LogP contribution in [0.15, 0.2) is 114 Å². The first-order chi connectivity index (χ1) is 21.5. The van der Waals surface area contributed by atoms with Crippen LogP contribution in [0.3, 0.4) is 0 Å². The Morgan fingerprint density at radius 1 is 0.822 bits per heavy atom. The molecule has 3 aromatic carbocycles. The van der Waals surface area contributed by atoms with E-state index in [-0.39, 0.29) is 10.8 Å². The third-order valence-corrected chi connectivity index (χ3v) is 10.1. The van der Waals surface area contributed by atoms with Crippen molar-refractivity contribution < 1.29 is 9.31 Å². The molecule has 2 aliphatic heterocycles. The predicted molar refractivity (Wildman–Crippen MR) is 190 cm³/mol. The van der Waals surface area contributed by atoms with Crippen LogP contribution in [0, 0.1) is 13.8 Å². The van der Waals surface area contributed by atoms with Gasteiger partial charge in [-0.05, 0) is 93.7 Å². The Morgan fingerprint density at radius 2 is 1.53 bits per heavy atom. The zero-order valence-electron chi connectivity index (χ0n) is 28.5. The van der Waals surface area contributed by atoms with E-state index in [4.69, 9.17) is 4.74 Å². The molecule has 0 fully saturated rings. The predicted octanol–water partition coefficient (Wildman–Crippen LogP) is 10.4. The molecule has 3 aliphatic rings. The van der Waals surface area contributed by atoms with Crippen molar-refractivity contribution in [3.63, 3.8) is 0 Å². The fourth-order valence-electron chi connectivity index (χ4n) is 7.41. The molecule has 6 rings (SSSR count). The summed E-state index contributed by atoms with van der Waals surface area (Å²) in [7, 11) is 2.19. The van der Waals surface area contributed by atoms with Crippen molar-refractivity contribution in [2.24, 2.45) is 0 Å². The molecule has 0 amide bonds. The number of anilines is 1. The van der Waals surface area contributed by atoms with Crippen LogP contribution in [0.2, 0.25) is 0 Å². The van der Waals surface area contributed by atoms with Gasteiger partial charge < -0.3 is 9.64 Å². The number of benzene rings is 3. The highest BCUT2D eigenvalue weighted by molar-refractivity contribution is 6.03. The first-order valence-electron chi connectivity index (χ1n) is 16.7.